The van der Waals surface area contributed by atoms with Crippen molar-refractivity contribution in [1.29, 1.82) is 0 Å². The number of fused-ring (bicyclic) bond motifs is 1. The molecule has 10 heteroatoms. The first-order valence-corrected chi connectivity index (χ1v) is 10.2. The SMILES string of the molecule is CC(C)(C)OC(=O)n1ncc2c(Cl)c(Nc3nc(-c4cccc(N)c4)ns3)ccc21. The van der Waals surface area contributed by atoms with E-state index in [1.54, 1.807) is 32.9 Å². The molecule has 0 atom stereocenters. The lowest BCUT2D eigenvalue weighted by Gasteiger charge is -2.19. The summed E-state index contributed by atoms with van der Waals surface area (Å²) in [7, 11) is 0. The molecule has 0 saturated heterocycles. The van der Waals surface area contributed by atoms with Crippen molar-refractivity contribution in [2.45, 2.75) is 26.4 Å². The van der Waals surface area contributed by atoms with Gasteiger partial charge in [-0.3, -0.25) is 0 Å². The molecule has 0 aliphatic carbocycles. The minimum atomic E-state index is -0.625. The molecule has 30 heavy (non-hydrogen) atoms. The fraction of sp³-hybridized carbons (Fsp3) is 0.200. The van der Waals surface area contributed by atoms with Crippen LogP contribution in [-0.4, -0.2) is 30.8 Å². The number of nitrogens with two attached hydrogens (primary N) is 1. The number of carbonyl (C=O) groups is 1. The molecule has 0 bridgehead atoms. The van der Waals surface area contributed by atoms with Gasteiger partial charge in [-0.1, -0.05) is 23.7 Å². The summed E-state index contributed by atoms with van der Waals surface area (Å²) in [6.07, 6.45) is 0.968. The van der Waals surface area contributed by atoms with Gasteiger partial charge >= 0.3 is 6.09 Å². The van der Waals surface area contributed by atoms with Gasteiger partial charge in [0.05, 0.1) is 22.4 Å². The third kappa shape index (κ3) is 4.07. The summed E-state index contributed by atoms with van der Waals surface area (Å²) in [6, 6.07) is 10.9. The third-order valence-corrected chi connectivity index (χ3v) is 5.10. The quantitative estimate of drug-likeness (QED) is 0.413. The monoisotopic (exact) mass is 442 g/mol. The van der Waals surface area contributed by atoms with Gasteiger partial charge in [-0.05, 0) is 45.0 Å². The van der Waals surface area contributed by atoms with Crippen LogP contribution in [0.1, 0.15) is 20.8 Å². The first-order valence-electron chi connectivity index (χ1n) is 9.07. The lowest BCUT2D eigenvalue weighted by Crippen LogP contribution is -2.27. The molecule has 8 nitrogen and oxygen atoms in total. The second-order valence-electron chi connectivity index (χ2n) is 7.57. The van der Waals surface area contributed by atoms with E-state index in [1.165, 1.54) is 22.4 Å². The van der Waals surface area contributed by atoms with Crippen molar-refractivity contribution in [3.8, 4) is 11.4 Å². The van der Waals surface area contributed by atoms with Crippen LogP contribution < -0.4 is 11.1 Å². The smallest absolute Gasteiger partial charge is 0.435 e. The van der Waals surface area contributed by atoms with E-state index in [-0.39, 0.29) is 0 Å². The number of carbonyl (C=O) groups excluding carboxylic acids is 1. The molecule has 0 aliphatic rings. The Morgan fingerprint density at radius 3 is 2.80 bits per heavy atom. The minimum absolute atomic E-state index is 0.419. The number of nitrogen functional groups attached to an aromatic ring is 1. The highest BCUT2D eigenvalue weighted by Crippen LogP contribution is 2.34. The zero-order valence-corrected chi connectivity index (χ0v) is 18.1. The molecule has 2 heterocycles. The number of hydrogen-bond acceptors (Lipinski definition) is 8. The van der Waals surface area contributed by atoms with E-state index in [0.29, 0.717) is 38.3 Å². The number of halogens is 1. The fourth-order valence-electron chi connectivity index (χ4n) is 2.80. The highest BCUT2D eigenvalue weighted by molar-refractivity contribution is 7.10. The number of nitrogens with one attached hydrogen (secondary N) is 1. The Bertz CT molecular complexity index is 1240. The number of aromatic nitrogens is 4. The topological polar surface area (TPSA) is 108 Å². The first-order chi connectivity index (χ1) is 14.2. The molecular formula is C20H19ClN6O2S. The maximum absolute atomic E-state index is 12.4. The number of hydrogen-bond donors (Lipinski definition) is 2. The predicted octanol–water partition coefficient (Wildman–Crippen LogP) is 5.32. The van der Waals surface area contributed by atoms with Crippen LogP contribution in [-0.2, 0) is 4.74 Å². The Morgan fingerprint density at radius 1 is 1.27 bits per heavy atom. The number of anilines is 3. The number of rotatable bonds is 3. The molecular weight excluding hydrogens is 424 g/mol. The van der Waals surface area contributed by atoms with E-state index in [0.717, 1.165) is 5.56 Å². The highest BCUT2D eigenvalue weighted by Gasteiger charge is 2.21. The van der Waals surface area contributed by atoms with Gasteiger partial charge in [-0.2, -0.15) is 19.1 Å². The molecule has 154 valence electrons. The van der Waals surface area contributed by atoms with Gasteiger partial charge in [0.15, 0.2) is 5.82 Å². The number of ether oxygens (including phenoxy) is 1. The van der Waals surface area contributed by atoms with Crippen LogP contribution >= 0.6 is 23.1 Å². The summed E-state index contributed by atoms with van der Waals surface area (Å²) in [5, 5.41) is 8.92. The maximum Gasteiger partial charge on any atom is 0.435 e. The van der Waals surface area contributed by atoms with Crippen molar-refractivity contribution < 1.29 is 9.53 Å². The molecule has 2 aromatic carbocycles. The summed E-state index contributed by atoms with van der Waals surface area (Å²) < 4.78 is 10.9. The highest BCUT2D eigenvalue weighted by atomic mass is 35.5. The van der Waals surface area contributed by atoms with Crippen molar-refractivity contribution in [3.63, 3.8) is 0 Å². The molecule has 0 spiro atoms. The molecule has 0 fully saturated rings. The summed E-state index contributed by atoms with van der Waals surface area (Å²) in [5.41, 5.74) is 7.86. The van der Waals surface area contributed by atoms with Crippen molar-refractivity contribution in [1.82, 2.24) is 19.1 Å². The van der Waals surface area contributed by atoms with Gasteiger partial charge in [0.25, 0.3) is 0 Å². The lowest BCUT2D eigenvalue weighted by atomic mass is 10.2. The summed E-state index contributed by atoms with van der Waals surface area (Å²) in [4.78, 5) is 16.9. The van der Waals surface area contributed by atoms with Gasteiger partial charge in [0.1, 0.15) is 5.60 Å². The van der Waals surface area contributed by atoms with Gasteiger partial charge in [0, 0.05) is 28.2 Å². The average Bonchev–Trinajstić information content (AvgIpc) is 3.30. The summed E-state index contributed by atoms with van der Waals surface area (Å²) in [5.74, 6) is 0.574. The molecule has 0 aliphatic heterocycles. The normalized spacial score (nSPS) is 11.6. The second-order valence-corrected chi connectivity index (χ2v) is 8.70. The van der Waals surface area contributed by atoms with E-state index < -0.39 is 11.7 Å². The number of nitrogens with zero attached hydrogens (tertiary/aromatic N) is 4. The molecule has 0 saturated carbocycles. The van der Waals surface area contributed by atoms with E-state index in [1.807, 2.05) is 24.3 Å². The van der Waals surface area contributed by atoms with Crippen molar-refractivity contribution in [2.24, 2.45) is 0 Å². The molecule has 4 rings (SSSR count). The minimum Gasteiger partial charge on any atom is -0.442 e. The van der Waals surface area contributed by atoms with E-state index in [2.05, 4.69) is 19.8 Å². The Balaban J connectivity index is 1.60. The van der Waals surface area contributed by atoms with Crippen LogP contribution in [0.3, 0.4) is 0 Å². The van der Waals surface area contributed by atoms with Crippen LogP contribution in [0.2, 0.25) is 5.02 Å². The van der Waals surface area contributed by atoms with Gasteiger partial charge in [-0.15, -0.1) is 0 Å². The summed E-state index contributed by atoms with van der Waals surface area (Å²) >= 11 is 7.77. The Morgan fingerprint density at radius 2 is 2.07 bits per heavy atom. The van der Waals surface area contributed by atoms with Crippen LogP contribution in [0.4, 0.5) is 21.3 Å². The second kappa shape index (κ2) is 7.58. The Kier molecular flexibility index (Phi) is 5.08. The van der Waals surface area contributed by atoms with Crippen LogP contribution in [0, 0.1) is 0 Å². The zero-order valence-electron chi connectivity index (χ0n) is 16.5. The van der Waals surface area contributed by atoms with Crippen LogP contribution in [0.5, 0.6) is 0 Å². The number of benzene rings is 2. The van der Waals surface area contributed by atoms with E-state index in [4.69, 9.17) is 22.1 Å². The third-order valence-electron chi connectivity index (χ3n) is 4.07. The molecule has 3 N–H and O–H groups in total. The van der Waals surface area contributed by atoms with Gasteiger partial charge in [0.2, 0.25) is 5.13 Å². The van der Waals surface area contributed by atoms with Crippen LogP contribution in [0.15, 0.2) is 42.6 Å². The molecule has 0 amide bonds. The zero-order chi connectivity index (χ0) is 21.5. The largest absolute Gasteiger partial charge is 0.442 e. The van der Waals surface area contributed by atoms with Crippen molar-refractivity contribution >= 4 is 56.6 Å². The molecule has 2 aromatic heterocycles. The molecule has 0 unspecified atom stereocenters. The molecule has 4 aromatic rings. The van der Waals surface area contributed by atoms with Crippen LogP contribution in [0.25, 0.3) is 22.3 Å². The van der Waals surface area contributed by atoms with Gasteiger partial charge < -0.3 is 15.8 Å². The first kappa shape index (κ1) is 20.1. The molecule has 0 radical (unpaired) electrons. The Labute approximate surface area is 181 Å². The standard InChI is InChI=1S/C20H19ClN6O2S/c1-20(2,3)29-19(28)27-15-8-7-14(16(21)13(15)10-23-27)24-18-25-17(26-30-18)11-5-4-6-12(22)9-11/h4-10H,22H2,1-3H3,(H,24,25,26). The lowest BCUT2D eigenvalue weighted by molar-refractivity contribution is 0.0522. The maximum atomic E-state index is 12.4. The average molecular weight is 443 g/mol. The fourth-order valence-corrected chi connectivity index (χ4v) is 3.66. The predicted molar refractivity (Wildman–Crippen MR) is 119 cm³/mol. The summed E-state index contributed by atoms with van der Waals surface area (Å²) in [6.45, 7) is 5.39. The van der Waals surface area contributed by atoms with Gasteiger partial charge in [-0.25, -0.2) is 4.79 Å². The van der Waals surface area contributed by atoms with Crippen molar-refractivity contribution in [3.05, 3.63) is 47.6 Å². The van der Waals surface area contributed by atoms with E-state index in [9.17, 15) is 4.79 Å². The van der Waals surface area contributed by atoms with Crippen molar-refractivity contribution in [2.75, 3.05) is 11.1 Å². The van der Waals surface area contributed by atoms with E-state index >= 15 is 0 Å². The Hall–Kier alpha value is -3.17.